The van der Waals surface area contributed by atoms with Gasteiger partial charge in [0, 0.05) is 24.2 Å². The highest BCUT2D eigenvalue weighted by atomic mass is 19.1. The van der Waals surface area contributed by atoms with E-state index in [0.29, 0.717) is 23.2 Å². The van der Waals surface area contributed by atoms with E-state index in [1.54, 1.807) is 12.1 Å². The van der Waals surface area contributed by atoms with E-state index in [9.17, 15) is 9.18 Å². The van der Waals surface area contributed by atoms with Gasteiger partial charge >= 0.3 is 5.97 Å². The Kier molecular flexibility index (Phi) is 3.29. The number of nitrogens with zero attached hydrogens (tertiary/aromatic N) is 3. The Bertz CT molecular complexity index is 705. The summed E-state index contributed by atoms with van der Waals surface area (Å²) < 4.78 is 13.7. The number of rotatable bonds is 3. The minimum absolute atomic E-state index is 0.144. The number of aromatic nitrogens is 2. The lowest BCUT2D eigenvalue weighted by atomic mass is 10.1. The van der Waals surface area contributed by atoms with Crippen LogP contribution in [0.5, 0.6) is 0 Å². The van der Waals surface area contributed by atoms with Crippen molar-refractivity contribution in [3.63, 3.8) is 0 Å². The number of anilines is 1. The summed E-state index contributed by atoms with van der Waals surface area (Å²) in [4.78, 5) is 21.1. The molecule has 108 valence electrons. The molecular weight excluding hydrogens is 273 g/mol. The monoisotopic (exact) mass is 287 g/mol. The number of halogens is 1. The SMILES string of the molecule is C[C@H]1CCN1c1nc(F)cc(-c2cccc(C(=O)O)c2)n1. The van der Waals surface area contributed by atoms with E-state index in [1.807, 2.05) is 11.8 Å². The molecule has 0 aliphatic carbocycles. The number of carboxylic acid groups (broad SMARTS) is 1. The topological polar surface area (TPSA) is 66.3 Å². The normalized spacial score (nSPS) is 17.4. The van der Waals surface area contributed by atoms with Crippen molar-refractivity contribution < 1.29 is 14.3 Å². The molecule has 0 radical (unpaired) electrons. The molecule has 1 aromatic carbocycles. The quantitative estimate of drug-likeness (QED) is 0.879. The highest BCUT2D eigenvalue weighted by Gasteiger charge is 2.26. The summed E-state index contributed by atoms with van der Waals surface area (Å²) in [5, 5.41) is 9.02. The zero-order valence-electron chi connectivity index (χ0n) is 11.5. The van der Waals surface area contributed by atoms with Crippen molar-refractivity contribution in [3.8, 4) is 11.3 Å². The van der Waals surface area contributed by atoms with Gasteiger partial charge in [0.2, 0.25) is 11.9 Å². The molecule has 5 nitrogen and oxygen atoms in total. The Hall–Kier alpha value is -2.50. The van der Waals surface area contributed by atoms with Gasteiger partial charge in [-0.25, -0.2) is 9.78 Å². The maximum atomic E-state index is 13.7. The molecule has 1 aliphatic heterocycles. The van der Waals surface area contributed by atoms with E-state index in [-0.39, 0.29) is 5.56 Å². The first-order valence-electron chi connectivity index (χ1n) is 6.69. The third-order valence-electron chi connectivity index (χ3n) is 3.67. The molecular formula is C15H14FN3O2. The second-order valence-corrected chi connectivity index (χ2v) is 5.09. The molecule has 1 N–H and O–H groups in total. The maximum absolute atomic E-state index is 13.7. The fourth-order valence-electron chi connectivity index (χ4n) is 2.31. The van der Waals surface area contributed by atoms with Crippen LogP contribution >= 0.6 is 0 Å². The van der Waals surface area contributed by atoms with Crippen LogP contribution in [-0.2, 0) is 0 Å². The summed E-state index contributed by atoms with van der Waals surface area (Å²) in [6, 6.07) is 7.80. The molecule has 1 fully saturated rings. The molecule has 2 aromatic rings. The summed E-state index contributed by atoms with van der Waals surface area (Å²) >= 11 is 0. The van der Waals surface area contributed by atoms with Gasteiger partial charge < -0.3 is 10.0 Å². The molecule has 1 aromatic heterocycles. The average Bonchev–Trinajstić information content (AvgIpc) is 2.45. The number of benzene rings is 1. The van der Waals surface area contributed by atoms with Gasteiger partial charge in [-0.15, -0.1) is 0 Å². The zero-order chi connectivity index (χ0) is 15.0. The van der Waals surface area contributed by atoms with Crippen LogP contribution < -0.4 is 4.90 Å². The highest BCUT2D eigenvalue weighted by molar-refractivity contribution is 5.89. The number of carboxylic acids is 1. The van der Waals surface area contributed by atoms with Gasteiger partial charge in [0.05, 0.1) is 11.3 Å². The van der Waals surface area contributed by atoms with Gasteiger partial charge in [-0.05, 0) is 25.5 Å². The predicted octanol–water partition coefficient (Wildman–Crippen LogP) is 2.58. The minimum Gasteiger partial charge on any atom is -0.478 e. The number of aromatic carboxylic acids is 1. The summed E-state index contributed by atoms with van der Waals surface area (Å²) in [7, 11) is 0. The number of hydrogen-bond donors (Lipinski definition) is 1. The molecule has 0 saturated carbocycles. The van der Waals surface area contributed by atoms with Crippen LogP contribution in [0.1, 0.15) is 23.7 Å². The first-order chi connectivity index (χ1) is 10.0. The average molecular weight is 287 g/mol. The van der Waals surface area contributed by atoms with Crippen LogP contribution in [0, 0.1) is 5.95 Å². The molecule has 1 aliphatic rings. The van der Waals surface area contributed by atoms with Crippen LogP contribution in [0.15, 0.2) is 30.3 Å². The lowest BCUT2D eigenvalue weighted by Crippen LogP contribution is -2.46. The predicted molar refractivity (Wildman–Crippen MR) is 75.8 cm³/mol. The van der Waals surface area contributed by atoms with Crippen LogP contribution in [0.4, 0.5) is 10.3 Å². The molecule has 6 heteroatoms. The summed E-state index contributed by atoms with van der Waals surface area (Å²) in [6.45, 7) is 2.84. The third kappa shape index (κ3) is 2.56. The summed E-state index contributed by atoms with van der Waals surface area (Å²) in [5.41, 5.74) is 1.09. The maximum Gasteiger partial charge on any atom is 0.335 e. The van der Waals surface area contributed by atoms with E-state index in [4.69, 9.17) is 5.11 Å². The summed E-state index contributed by atoms with van der Waals surface area (Å²) in [5.74, 6) is -1.29. The molecule has 1 saturated heterocycles. The van der Waals surface area contributed by atoms with Crippen LogP contribution in [0.3, 0.4) is 0 Å². The van der Waals surface area contributed by atoms with Crippen LogP contribution in [0.2, 0.25) is 0 Å². The molecule has 3 rings (SSSR count). The van der Waals surface area contributed by atoms with E-state index in [0.717, 1.165) is 13.0 Å². The first-order valence-corrected chi connectivity index (χ1v) is 6.69. The van der Waals surface area contributed by atoms with Gasteiger partial charge in [0.15, 0.2) is 0 Å². The molecule has 0 spiro atoms. The van der Waals surface area contributed by atoms with Gasteiger partial charge in [0.1, 0.15) is 0 Å². The van der Waals surface area contributed by atoms with Crippen molar-refractivity contribution >= 4 is 11.9 Å². The van der Waals surface area contributed by atoms with Crippen LogP contribution in [-0.4, -0.2) is 33.6 Å². The highest BCUT2D eigenvalue weighted by Crippen LogP contribution is 2.26. The largest absolute Gasteiger partial charge is 0.478 e. The standard InChI is InChI=1S/C15H14FN3O2/c1-9-5-6-19(9)15-17-12(8-13(16)18-15)10-3-2-4-11(7-10)14(20)21/h2-4,7-9H,5-6H2,1H3,(H,20,21)/t9-/m0/s1. The molecule has 1 atom stereocenters. The fourth-order valence-corrected chi connectivity index (χ4v) is 2.31. The molecule has 21 heavy (non-hydrogen) atoms. The van der Waals surface area contributed by atoms with Crippen molar-refractivity contribution in [1.29, 1.82) is 0 Å². The van der Waals surface area contributed by atoms with E-state index in [2.05, 4.69) is 9.97 Å². The zero-order valence-corrected chi connectivity index (χ0v) is 11.5. The van der Waals surface area contributed by atoms with Crippen LogP contribution in [0.25, 0.3) is 11.3 Å². The lowest BCUT2D eigenvalue weighted by molar-refractivity contribution is 0.0697. The second-order valence-electron chi connectivity index (χ2n) is 5.09. The minimum atomic E-state index is -1.03. The summed E-state index contributed by atoms with van der Waals surface area (Å²) in [6.07, 6.45) is 1.03. The van der Waals surface area contributed by atoms with Gasteiger partial charge in [-0.1, -0.05) is 12.1 Å². The van der Waals surface area contributed by atoms with E-state index < -0.39 is 11.9 Å². The van der Waals surface area contributed by atoms with E-state index >= 15 is 0 Å². The lowest BCUT2D eigenvalue weighted by Gasteiger charge is -2.38. The fraction of sp³-hybridized carbons (Fsp3) is 0.267. The second kappa shape index (κ2) is 5.12. The molecule has 0 bridgehead atoms. The number of carbonyl (C=O) groups is 1. The van der Waals surface area contributed by atoms with Crippen molar-refractivity contribution in [2.24, 2.45) is 0 Å². The van der Waals surface area contributed by atoms with Crippen molar-refractivity contribution in [1.82, 2.24) is 9.97 Å². The number of hydrogen-bond acceptors (Lipinski definition) is 4. The molecule has 2 heterocycles. The van der Waals surface area contributed by atoms with Crippen molar-refractivity contribution in [3.05, 3.63) is 41.8 Å². The Balaban J connectivity index is 2.02. The van der Waals surface area contributed by atoms with Gasteiger partial charge in [0.25, 0.3) is 0 Å². The smallest absolute Gasteiger partial charge is 0.335 e. The Labute approximate surface area is 121 Å². The van der Waals surface area contributed by atoms with E-state index in [1.165, 1.54) is 18.2 Å². The van der Waals surface area contributed by atoms with Crippen molar-refractivity contribution in [2.75, 3.05) is 11.4 Å². The Morgan fingerprint density at radius 3 is 2.81 bits per heavy atom. The first kappa shape index (κ1) is 13.5. The van der Waals surface area contributed by atoms with Gasteiger partial charge in [-0.2, -0.15) is 9.37 Å². The van der Waals surface area contributed by atoms with Gasteiger partial charge in [-0.3, -0.25) is 0 Å². The molecule has 0 amide bonds. The third-order valence-corrected chi connectivity index (χ3v) is 3.67. The Morgan fingerprint density at radius 2 is 2.19 bits per heavy atom. The van der Waals surface area contributed by atoms with Crippen molar-refractivity contribution in [2.45, 2.75) is 19.4 Å². The Morgan fingerprint density at radius 1 is 1.38 bits per heavy atom. The molecule has 0 unspecified atom stereocenters.